The quantitative estimate of drug-likeness (QED) is 0.219. The lowest BCUT2D eigenvalue weighted by molar-refractivity contribution is -0.139. The molecule has 0 aliphatic carbocycles. The fourth-order valence-electron chi connectivity index (χ4n) is 4.32. The molecule has 2 aromatic rings. The van der Waals surface area contributed by atoms with Crippen molar-refractivity contribution >= 4 is 17.4 Å². The number of methoxy groups -OCH3 is 2. The highest BCUT2D eigenvalue weighted by Gasteiger charge is 2.46. The predicted molar refractivity (Wildman–Crippen MR) is 139 cm³/mol. The van der Waals surface area contributed by atoms with E-state index in [2.05, 4.69) is 6.58 Å². The van der Waals surface area contributed by atoms with Crippen LogP contribution >= 0.6 is 0 Å². The van der Waals surface area contributed by atoms with Crippen LogP contribution in [0.1, 0.15) is 29.2 Å². The van der Waals surface area contributed by atoms with Gasteiger partial charge in [-0.05, 0) is 75.4 Å². The molecule has 0 radical (unpaired) electrons. The van der Waals surface area contributed by atoms with Crippen LogP contribution in [0.3, 0.4) is 0 Å². The number of hydrogen-bond acceptors (Lipinski definition) is 7. The number of aliphatic hydroxyl groups excluding tert-OH is 1. The molecular formula is C28H34N2O6. The van der Waals surface area contributed by atoms with Crippen LogP contribution in [0.15, 0.2) is 54.6 Å². The van der Waals surface area contributed by atoms with E-state index in [4.69, 9.17) is 14.2 Å². The normalized spacial score (nSPS) is 16.9. The van der Waals surface area contributed by atoms with E-state index < -0.39 is 17.7 Å². The molecule has 8 nitrogen and oxygen atoms in total. The molecule has 2 aromatic carbocycles. The van der Waals surface area contributed by atoms with Crippen LogP contribution in [0.25, 0.3) is 5.76 Å². The van der Waals surface area contributed by atoms with E-state index in [1.807, 2.05) is 25.9 Å². The zero-order chi connectivity index (χ0) is 26.4. The number of aryl methyl sites for hydroxylation is 1. The zero-order valence-electron chi connectivity index (χ0n) is 21.5. The number of likely N-dealkylation sites (tertiary alicyclic amines) is 1. The van der Waals surface area contributed by atoms with Crippen molar-refractivity contribution in [3.8, 4) is 17.2 Å². The van der Waals surface area contributed by atoms with Crippen LogP contribution < -0.4 is 14.2 Å². The van der Waals surface area contributed by atoms with Gasteiger partial charge in [-0.2, -0.15) is 0 Å². The standard InChI is InChI=1S/C28H34N2O6/c1-7-15-36-22-12-9-19(17-23(22)35-6)25-24(26(31)20-10-11-21(34-5)18(2)16-20)27(32)28(33)30(25)14-8-13-29(3)4/h7,9-12,16-17,25,31H,1,8,13-15H2,2-6H3/t25-/m0/s1. The summed E-state index contributed by atoms with van der Waals surface area (Å²) in [6, 6.07) is 9.60. The van der Waals surface area contributed by atoms with Gasteiger partial charge in [0.1, 0.15) is 18.1 Å². The molecule has 1 heterocycles. The number of ether oxygens (including phenoxy) is 3. The number of Topliss-reactive ketones (excluding diaryl/α,β-unsaturated/α-hetero) is 1. The molecule has 1 aliphatic heterocycles. The lowest BCUT2D eigenvalue weighted by atomic mass is 9.94. The van der Waals surface area contributed by atoms with Crippen LogP contribution in [0.2, 0.25) is 0 Å². The highest BCUT2D eigenvalue weighted by Crippen LogP contribution is 2.42. The number of ketones is 1. The molecule has 0 unspecified atom stereocenters. The Morgan fingerprint density at radius 2 is 1.78 bits per heavy atom. The number of benzene rings is 2. The third-order valence-corrected chi connectivity index (χ3v) is 6.07. The second kappa shape index (κ2) is 11.8. The summed E-state index contributed by atoms with van der Waals surface area (Å²) in [6.07, 6.45) is 2.29. The summed E-state index contributed by atoms with van der Waals surface area (Å²) >= 11 is 0. The summed E-state index contributed by atoms with van der Waals surface area (Å²) in [6.45, 7) is 6.90. The first kappa shape index (κ1) is 26.8. The summed E-state index contributed by atoms with van der Waals surface area (Å²) in [7, 11) is 6.99. The van der Waals surface area contributed by atoms with E-state index in [0.29, 0.717) is 47.9 Å². The Hall–Kier alpha value is -3.78. The van der Waals surface area contributed by atoms with Gasteiger partial charge < -0.3 is 29.1 Å². The van der Waals surface area contributed by atoms with Crippen molar-refractivity contribution in [2.45, 2.75) is 19.4 Å². The minimum Gasteiger partial charge on any atom is -0.507 e. The Morgan fingerprint density at radius 3 is 2.39 bits per heavy atom. The molecule has 1 saturated heterocycles. The molecular weight excluding hydrogens is 460 g/mol. The Labute approximate surface area is 212 Å². The molecule has 1 amide bonds. The van der Waals surface area contributed by atoms with Gasteiger partial charge in [-0.1, -0.05) is 18.7 Å². The summed E-state index contributed by atoms with van der Waals surface area (Å²) in [4.78, 5) is 30.0. The van der Waals surface area contributed by atoms with Crippen LogP contribution in [0.4, 0.5) is 0 Å². The first-order valence-corrected chi connectivity index (χ1v) is 11.7. The first-order valence-electron chi connectivity index (χ1n) is 11.7. The minimum atomic E-state index is -0.781. The minimum absolute atomic E-state index is 0.0382. The maximum atomic E-state index is 13.3. The molecule has 1 atom stereocenters. The van der Waals surface area contributed by atoms with E-state index in [9.17, 15) is 14.7 Å². The van der Waals surface area contributed by atoms with Crippen LogP contribution in [0.5, 0.6) is 17.2 Å². The Bertz CT molecular complexity index is 1170. The fraction of sp³-hybridized carbons (Fsp3) is 0.357. The summed E-state index contributed by atoms with van der Waals surface area (Å²) in [5.74, 6) is 0.0283. The van der Waals surface area contributed by atoms with Crippen LogP contribution in [-0.4, -0.2) is 74.6 Å². The number of carbonyl (C=O) groups is 2. The number of amides is 1. The molecule has 192 valence electrons. The van der Waals surface area contributed by atoms with E-state index in [-0.39, 0.29) is 11.3 Å². The van der Waals surface area contributed by atoms with E-state index in [1.54, 1.807) is 49.6 Å². The van der Waals surface area contributed by atoms with Crippen LogP contribution in [0, 0.1) is 6.92 Å². The smallest absolute Gasteiger partial charge is 0.295 e. The highest BCUT2D eigenvalue weighted by molar-refractivity contribution is 6.46. The van der Waals surface area contributed by atoms with Gasteiger partial charge in [-0.3, -0.25) is 9.59 Å². The first-order chi connectivity index (χ1) is 17.2. The average Bonchev–Trinajstić information content (AvgIpc) is 3.11. The molecule has 0 bridgehead atoms. The molecule has 1 fully saturated rings. The van der Waals surface area contributed by atoms with Crippen molar-refractivity contribution in [2.75, 3.05) is 48.0 Å². The molecule has 3 rings (SSSR count). The van der Waals surface area contributed by atoms with E-state index in [1.165, 1.54) is 12.0 Å². The Kier molecular flexibility index (Phi) is 8.77. The van der Waals surface area contributed by atoms with Gasteiger partial charge in [0, 0.05) is 12.1 Å². The summed E-state index contributed by atoms with van der Waals surface area (Å²) in [5, 5.41) is 11.3. The van der Waals surface area contributed by atoms with Gasteiger partial charge in [-0.15, -0.1) is 0 Å². The van der Waals surface area contributed by atoms with Crippen molar-refractivity contribution in [1.82, 2.24) is 9.80 Å². The molecule has 8 heteroatoms. The Balaban J connectivity index is 2.14. The number of hydrogen-bond donors (Lipinski definition) is 1. The Morgan fingerprint density at radius 1 is 1.08 bits per heavy atom. The molecule has 36 heavy (non-hydrogen) atoms. The number of rotatable bonds is 11. The second-order valence-corrected chi connectivity index (χ2v) is 8.84. The van der Waals surface area contributed by atoms with Gasteiger partial charge >= 0.3 is 0 Å². The topological polar surface area (TPSA) is 88.5 Å². The number of aliphatic hydroxyl groups is 1. The fourth-order valence-corrected chi connectivity index (χ4v) is 4.32. The van der Waals surface area contributed by atoms with Gasteiger partial charge in [0.15, 0.2) is 11.5 Å². The molecule has 0 aromatic heterocycles. The summed E-state index contributed by atoms with van der Waals surface area (Å²) in [5.41, 5.74) is 1.90. The molecule has 0 saturated carbocycles. The van der Waals surface area contributed by atoms with Crippen molar-refractivity contribution in [3.63, 3.8) is 0 Å². The average molecular weight is 495 g/mol. The highest BCUT2D eigenvalue weighted by atomic mass is 16.5. The third-order valence-electron chi connectivity index (χ3n) is 6.07. The maximum Gasteiger partial charge on any atom is 0.295 e. The van der Waals surface area contributed by atoms with Gasteiger partial charge in [0.25, 0.3) is 11.7 Å². The van der Waals surface area contributed by atoms with Gasteiger partial charge in [0.2, 0.25) is 0 Å². The van der Waals surface area contributed by atoms with Crippen molar-refractivity contribution in [2.24, 2.45) is 0 Å². The van der Waals surface area contributed by atoms with Crippen molar-refractivity contribution in [3.05, 3.63) is 71.3 Å². The largest absolute Gasteiger partial charge is 0.507 e. The molecule has 0 spiro atoms. The number of carbonyl (C=O) groups excluding carboxylic acids is 2. The van der Waals surface area contributed by atoms with Crippen molar-refractivity contribution < 1.29 is 28.9 Å². The lowest BCUT2D eigenvalue weighted by Crippen LogP contribution is -2.32. The second-order valence-electron chi connectivity index (χ2n) is 8.84. The van der Waals surface area contributed by atoms with E-state index >= 15 is 0 Å². The monoisotopic (exact) mass is 494 g/mol. The van der Waals surface area contributed by atoms with Crippen LogP contribution in [-0.2, 0) is 9.59 Å². The zero-order valence-corrected chi connectivity index (χ0v) is 21.5. The van der Waals surface area contributed by atoms with Gasteiger partial charge in [0.05, 0.1) is 25.8 Å². The maximum absolute atomic E-state index is 13.3. The van der Waals surface area contributed by atoms with Crippen molar-refractivity contribution in [1.29, 1.82) is 0 Å². The lowest BCUT2D eigenvalue weighted by Gasteiger charge is -2.26. The van der Waals surface area contributed by atoms with Gasteiger partial charge in [-0.25, -0.2) is 0 Å². The molecule has 1 N–H and O–H groups in total. The third kappa shape index (κ3) is 5.54. The summed E-state index contributed by atoms with van der Waals surface area (Å²) < 4.78 is 16.5. The predicted octanol–water partition coefficient (Wildman–Crippen LogP) is 3.95. The molecule has 1 aliphatic rings. The number of nitrogens with zero attached hydrogens (tertiary/aromatic N) is 2. The SMILES string of the molecule is C=CCOc1ccc([C@H]2C(=C(O)c3ccc(OC)c(C)c3)C(=O)C(=O)N2CCCN(C)C)cc1OC. The van der Waals surface area contributed by atoms with E-state index in [0.717, 1.165) is 12.1 Å².